The van der Waals surface area contributed by atoms with E-state index in [9.17, 15) is 10.1 Å². The minimum absolute atomic E-state index is 0.0339. The van der Waals surface area contributed by atoms with Gasteiger partial charge in [-0.2, -0.15) is 4.98 Å². The van der Waals surface area contributed by atoms with Crippen LogP contribution in [0.25, 0.3) is 11.4 Å². The summed E-state index contributed by atoms with van der Waals surface area (Å²) in [5, 5.41) is 17.8. The Bertz CT molecular complexity index is 709. The molecule has 1 unspecified atom stereocenters. The number of hydrogen-bond acceptors (Lipinski definition) is 8. The standard InChI is InChI=1S/C16H22N6O3/c1-12(21-9-7-20(2)8-10-21)11-17-16-18-15(19-25-16)13-3-5-14(6-4-13)22(23)24/h3-6,12H,7-11H2,1-2H3,(H,17,18,19). The SMILES string of the molecule is CC(CNc1nc(-c2ccc([N+](=O)[O-])cc2)no1)N1CCN(C)CC1. The van der Waals surface area contributed by atoms with Gasteiger partial charge in [-0.25, -0.2) is 0 Å². The number of hydrogen-bond donors (Lipinski definition) is 1. The fourth-order valence-corrected chi connectivity index (χ4v) is 2.77. The molecule has 0 radical (unpaired) electrons. The second kappa shape index (κ2) is 7.58. The maximum atomic E-state index is 10.7. The van der Waals surface area contributed by atoms with E-state index in [1.54, 1.807) is 12.1 Å². The van der Waals surface area contributed by atoms with Crippen LogP contribution in [-0.4, -0.2) is 70.7 Å². The molecule has 9 heteroatoms. The van der Waals surface area contributed by atoms with Gasteiger partial charge in [0.05, 0.1) is 4.92 Å². The second-order valence-corrected chi connectivity index (χ2v) is 6.30. The van der Waals surface area contributed by atoms with Crippen LogP contribution in [0.2, 0.25) is 0 Å². The normalized spacial score (nSPS) is 17.4. The van der Waals surface area contributed by atoms with Crippen LogP contribution in [0.1, 0.15) is 6.92 Å². The van der Waals surface area contributed by atoms with Gasteiger partial charge in [0.15, 0.2) is 0 Å². The van der Waals surface area contributed by atoms with Gasteiger partial charge in [-0.3, -0.25) is 15.0 Å². The summed E-state index contributed by atoms with van der Waals surface area (Å²) in [6.45, 7) is 7.15. The Morgan fingerprint density at radius 3 is 2.60 bits per heavy atom. The Morgan fingerprint density at radius 1 is 1.28 bits per heavy atom. The third-order valence-corrected chi connectivity index (χ3v) is 4.47. The number of piperazine rings is 1. The van der Waals surface area contributed by atoms with Crippen LogP contribution in [-0.2, 0) is 0 Å². The van der Waals surface area contributed by atoms with Gasteiger partial charge in [0.2, 0.25) is 5.82 Å². The number of nitro groups is 1. The van der Waals surface area contributed by atoms with Gasteiger partial charge >= 0.3 is 6.01 Å². The summed E-state index contributed by atoms with van der Waals surface area (Å²) in [5.74, 6) is 0.407. The van der Waals surface area contributed by atoms with Crippen molar-refractivity contribution in [3.8, 4) is 11.4 Å². The van der Waals surface area contributed by atoms with Gasteiger partial charge in [0.1, 0.15) is 0 Å². The maximum absolute atomic E-state index is 10.7. The predicted octanol–water partition coefficient (Wildman–Crippen LogP) is 1.69. The molecule has 25 heavy (non-hydrogen) atoms. The van der Waals surface area contributed by atoms with Crippen molar-refractivity contribution in [2.24, 2.45) is 0 Å². The van der Waals surface area contributed by atoms with Crippen LogP contribution in [0.15, 0.2) is 28.8 Å². The molecule has 1 aromatic heterocycles. The maximum Gasteiger partial charge on any atom is 0.321 e. The molecule has 1 aliphatic rings. The first-order chi connectivity index (χ1) is 12.0. The van der Waals surface area contributed by atoms with Crippen LogP contribution < -0.4 is 5.32 Å². The zero-order valence-corrected chi connectivity index (χ0v) is 14.4. The highest BCUT2D eigenvalue weighted by atomic mass is 16.6. The summed E-state index contributed by atoms with van der Waals surface area (Å²) in [6, 6.07) is 6.79. The summed E-state index contributed by atoms with van der Waals surface area (Å²) >= 11 is 0. The number of anilines is 1. The van der Waals surface area contributed by atoms with Crippen molar-refractivity contribution < 1.29 is 9.45 Å². The Kier molecular flexibility index (Phi) is 5.25. The molecule has 9 nitrogen and oxygen atoms in total. The van der Waals surface area contributed by atoms with E-state index in [4.69, 9.17) is 4.52 Å². The van der Waals surface area contributed by atoms with Gasteiger partial charge in [-0.05, 0) is 26.1 Å². The monoisotopic (exact) mass is 346 g/mol. The van der Waals surface area contributed by atoms with Crippen molar-refractivity contribution in [3.63, 3.8) is 0 Å². The Morgan fingerprint density at radius 2 is 1.96 bits per heavy atom. The van der Waals surface area contributed by atoms with E-state index < -0.39 is 4.92 Å². The van der Waals surface area contributed by atoms with Crippen molar-refractivity contribution in [3.05, 3.63) is 34.4 Å². The minimum atomic E-state index is -0.438. The number of non-ortho nitro benzene ring substituents is 1. The number of aromatic nitrogens is 2. The fourth-order valence-electron chi connectivity index (χ4n) is 2.77. The third kappa shape index (κ3) is 4.31. The van der Waals surface area contributed by atoms with Crippen molar-refractivity contribution in [2.75, 3.05) is 45.1 Å². The molecule has 0 bridgehead atoms. The molecule has 1 aliphatic heterocycles. The Labute approximate surface area is 145 Å². The number of benzene rings is 1. The molecule has 0 aliphatic carbocycles. The van der Waals surface area contributed by atoms with E-state index in [0.29, 0.717) is 30.0 Å². The molecular weight excluding hydrogens is 324 g/mol. The van der Waals surface area contributed by atoms with Gasteiger partial charge in [0, 0.05) is 56.5 Å². The number of nitro benzene ring substituents is 1. The van der Waals surface area contributed by atoms with Crippen LogP contribution in [0.3, 0.4) is 0 Å². The lowest BCUT2D eigenvalue weighted by Crippen LogP contribution is -2.49. The van der Waals surface area contributed by atoms with Gasteiger partial charge in [-0.1, -0.05) is 5.16 Å². The van der Waals surface area contributed by atoms with E-state index in [1.165, 1.54) is 12.1 Å². The average molecular weight is 346 g/mol. The quantitative estimate of drug-likeness (QED) is 0.623. The van der Waals surface area contributed by atoms with Crippen LogP contribution in [0.5, 0.6) is 0 Å². The Balaban J connectivity index is 1.55. The summed E-state index contributed by atoms with van der Waals surface area (Å²) < 4.78 is 5.22. The summed E-state index contributed by atoms with van der Waals surface area (Å²) in [4.78, 5) is 19.3. The molecule has 1 saturated heterocycles. The van der Waals surface area contributed by atoms with Crippen molar-refractivity contribution in [2.45, 2.75) is 13.0 Å². The second-order valence-electron chi connectivity index (χ2n) is 6.30. The number of likely N-dealkylation sites (N-methyl/N-ethyl adjacent to an activating group) is 1. The van der Waals surface area contributed by atoms with Crippen molar-refractivity contribution in [1.29, 1.82) is 0 Å². The van der Waals surface area contributed by atoms with Crippen LogP contribution in [0.4, 0.5) is 11.7 Å². The number of nitrogens with zero attached hydrogens (tertiary/aromatic N) is 5. The highest BCUT2D eigenvalue weighted by Crippen LogP contribution is 2.21. The smallest absolute Gasteiger partial charge is 0.321 e. The Hall–Kier alpha value is -2.52. The number of nitrogens with one attached hydrogen (secondary N) is 1. The molecule has 3 rings (SSSR count). The van der Waals surface area contributed by atoms with Gasteiger partial charge in [-0.15, -0.1) is 0 Å². The molecule has 0 spiro atoms. The van der Waals surface area contributed by atoms with Crippen molar-refractivity contribution in [1.82, 2.24) is 19.9 Å². The molecule has 0 amide bonds. The topological polar surface area (TPSA) is 101 Å². The van der Waals surface area contributed by atoms with Gasteiger partial charge < -0.3 is 14.7 Å². The van der Waals surface area contributed by atoms with E-state index in [2.05, 4.69) is 39.2 Å². The zero-order valence-electron chi connectivity index (χ0n) is 14.4. The largest absolute Gasteiger partial charge is 0.336 e. The van der Waals surface area contributed by atoms with Gasteiger partial charge in [0.25, 0.3) is 5.69 Å². The molecule has 134 valence electrons. The highest BCUT2D eigenvalue weighted by molar-refractivity contribution is 5.57. The van der Waals surface area contributed by atoms with Crippen LogP contribution in [0, 0.1) is 10.1 Å². The molecule has 2 heterocycles. The fraction of sp³-hybridized carbons (Fsp3) is 0.500. The lowest BCUT2D eigenvalue weighted by Gasteiger charge is -2.36. The summed E-state index contributed by atoms with van der Waals surface area (Å²) in [5.41, 5.74) is 0.709. The molecule has 1 N–H and O–H groups in total. The van der Waals surface area contributed by atoms with E-state index in [1.807, 2.05) is 0 Å². The average Bonchev–Trinajstić information content (AvgIpc) is 3.09. The predicted molar refractivity (Wildman–Crippen MR) is 93.4 cm³/mol. The van der Waals surface area contributed by atoms with Crippen molar-refractivity contribution >= 4 is 11.7 Å². The first-order valence-electron chi connectivity index (χ1n) is 8.28. The summed E-state index contributed by atoms with van der Waals surface area (Å²) in [6.07, 6.45) is 0. The first kappa shape index (κ1) is 17.3. The van der Waals surface area contributed by atoms with E-state index in [0.717, 1.165) is 26.2 Å². The highest BCUT2D eigenvalue weighted by Gasteiger charge is 2.19. The number of rotatable bonds is 6. The third-order valence-electron chi connectivity index (χ3n) is 4.47. The zero-order chi connectivity index (χ0) is 17.8. The van der Waals surface area contributed by atoms with E-state index in [-0.39, 0.29) is 5.69 Å². The van der Waals surface area contributed by atoms with E-state index >= 15 is 0 Å². The minimum Gasteiger partial charge on any atom is -0.336 e. The first-order valence-corrected chi connectivity index (χ1v) is 8.28. The molecule has 2 aromatic rings. The lowest BCUT2D eigenvalue weighted by atomic mass is 10.2. The molecule has 1 aromatic carbocycles. The molecular formula is C16H22N6O3. The van der Waals surface area contributed by atoms with Crippen LogP contribution >= 0.6 is 0 Å². The lowest BCUT2D eigenvalue weighted by molar-refractivity contribution is -0.384. The molecule has 1 atom stereocenters. The molecule has 1 fully saturated rings. The summed E-state index contributed by atoms with van der Waals surface area (Å²) in [7, 11) is 2.14. The molecule has 0 saturated carbocycles.